The van der Waals surface area contributed by atoms with Gasteiger partial charge in [-0.2, -0.15) is 0 Å². The lowest BCUT2D eigenvalue weighted by Gasteiger charge is -2.15. The number of hydrogen-bond donors (Lipinski definition) is 2. The summed E-state index contributed by atoms with van der Waals surface area (Å²) in [4.78, 5) is 16.0. The molecule has 0 aliphatic heterocycles. The van der Waals surface area contributed by atoms with Crippen molar-refractivity contribution in [2.45, 2.75) is 11.8 Å². The second-order valence-electron chi connectivity index (χ2n) is 5.43. The minimum absolute atomic E-state index is 0.240. The van der Waals surface area contributed by atoms with Gasteiger partial charge in [-0.05, 0) is 36.2 Å². The molecule has 114 valence electrons. The minimum Gasteiger partial charge on any atom is -0.395 e. The number of benzene rings is 1. The van der Waals surface area contributed by atoms with Crippen molar-refractivity contribution in [1.29, 1.82) is 0 Å². The standard InChI is InChI=1S/C16H14F2N2O2/c17-11-3-1-2-10(6-11)16(9-21)7-13(16)15(22)20-14-5-4-12(18)8-19-14/h1-6,8,13,21H,7,9H2,(H,19,20,22)/t13-,16+/m0/s1. The summed E-state index contributed by atoms with van der Waals surface area (Å²) >= 11 is 0. The second kappa shape index (κ2) is 5.46. The van der Waals surface area contributed by atoms with Crippen LogP contribution in [-0.2, 0) is 10.2 Å². The average Bonchev–Trinajstić information content (AvgIpc) is 3.26. The van der Waals surface area contributed by atoms with Crippen LogP contribution in [0.3, 0.4) is 0 Å². The molecule has 3 rings (SSSR count). The quantitative estimate of drug-likeness (QED) is 0.910. The summed E-state index contributed by atoms with van der Waals surface area (Å²) in [5, 5.41) is 12.2. The third kappa shape index (κ3) is 2.57. The SMILES string of the molecule is O=C(Nc1ccc(F)cn1)[C@@H]1C[C@@]1(CO)c1cccc(F)c1. The highest BCUT2D eigenvalue weighted by Gasteiger charge is 2.59. The largest absolute Gasteiger partial charge is 0.395 e. The van der Waals surface area contributed by atoms with E-state index in [0.717, 1.165) is 6.20 Å². The molecular weight excluding hydrogens is 290 g/mol. The predicted molar refractivity (Wildman–Crippen MR) is 76.1 cm³/mol. The average molecular weight is 304 g/mol. The molecule has 1 aromatic carbocycles. The molecule has 0 spiro atoms. The van der Waals surface area contributed by atoms with Gasteiger partial charge < -0.3 is 10.4 Å². The number of aliphatic hydroxyl groups excluding tert-OH is 1. The van der Waals surface area contributed by atoms with Gasteiger partial charge in [-0.25, -0.2) is 13.8 Å². The molecule has 1 aliphatic rings. The van der Waals surface area contributed by atoms with Gasteiger partial charge >= 0.3 is 0 Å². The molecule has 1 heterocycles. The van der Waals surface area contributed by atoms with Crippen molar-refractivity contribution in [3.63, 3.8) is 0 Å². The van der Waals surface area contributed by atoms with Crippen molar-refractivity contribution in [3.8, 4) is 0 Å². The van der Waals surface area contributed by atoms with Gasteiger partial charge in [0.2, 0.25) is 5.91 Å². The lowest BCUT2D eigenvalue weighted by molar-refractivity contribution is -0.118. The highest BCUT2D eigenvalue weighted by Crippen LogP contribution is 2.54. The van der Waals surface area contributed by atoms with Gasteiger partial charge in [-0.15, -0.1) is 0 Å². The molecule has 4 nitrogen and oxygen atoms in total. The molecule has 2 aromatic rings. The van der Waals surface area contributed by atoms with Crippen molar-refractivity contribution in [2.75, 3.05) is 11.9 Å². The zero-order valence-electron chi connectivity index (χ0n) is 11.6. The van der Waals surface area contributed by atoms with Crippen LogP contribution < -0.4 is 5.32 Å². The first-order valence-electron chi connectivity index (χ1n) is 6.84. The summed E-state index contributed by atoms with van der Waals surface area (Å²) in [5.41, 5.74) is -0.158. The maximum atomic E-state index is 13.3. The smallest absolute Gasteiger partial charge is 0.229 e. The molecular formula is C16H14F2N2O2. The van der Waals surface area contributed by atoms with Crippen LogP contribution in [-0.4, -0.2) is 22.6 Å². The molecule has 0 bridgehead atoms. The van der Waals surface area contributed by atoms with E-state index in [1.165, 1.54) is 24.3 Å². The minimum atomic E-state index is -0.758. The lowest BCUT2D eigenvalue weighted by atomic mass is 9.93. The zero-order valence-corrected chi connectivity index (χ0v) is 11.6. The molecule has 0 unspecified atom stereocenters. The molecule has 0 radical (unpaired) electrons. The summed E-state index contributed by atoms with van der Waals surface area (Å²) < 4.78 is 26.1. The van der Waals surface area contributed by atoms with Crippen LogP contribution in [0.25, 0.3) is 0 Å². The van der Waals surface area contributed by atoms with Crippen LogP contribution >= 0.6 is 0 Å². The summed E-state index contributed by atoms with van der Waals surface area (Å²) in [6, 6.07) is 8.45. The monoisotopic (exact) mass is 304 g/mol. The van der Waals surface area contributed by atoms with Gasteiger partial charge in [0.15, 0.2) is 0 Å². The van der Waals surface area contributed by atoms with Gasteiger partial charge in [0.25, 0.3) is 0 Å². The topological polar surface area (TPSA) is 62.2 Å². The third-order valence-corrected chi connectivity index (χ3v) is 4.05. The van der Waals surface area contributed by atoms with Crippen LogP contribution in [0.4, 0.5) is 14.6 Å². The maximum absolute atomic E-state index is 13.3. The number of amides is 1. The summed E-state index contributed by atoms with van der Waals surface area (Å²) in [6.45, 7) is -0.245. The first-order chi connectivity index (χ1) is 10.5. The molecule has 1 amide bonds. The Labute approximate surface area is 125 Å². The highest BCUT2D eigenvalue weighted by atomic mass is 19.1. The number of nitrogens with zero attached hydrogens (tertiary/aromatic N) is 1. The number of pyridine rings is 1. The maximum Gasteiger partial charge on any atom is 0.229 e. The lowest BCUT2D eigenvalue weighted by Crippen LogP contribution is -2.24. The van der Waals surface area contributed by atoms with E-state index in [9.17, 15) is 18.7 Å². The second-order valence-corrected chi connectivity index (χ2v) is 5.43. The number of carbonyl (C=O) groups is 1. The number of carbonyl (C=O) groups excluding carboxylic acids is 1. The van der Waals surface area contributed by atoms with Crippen LogP contribution in [0.2, 0.25) is 0 Å². The van der Waals surface area contributed by atoms with Gasteiger partial charge in [-0.1, -0.05) is 12.1 Å². The predicted octanol–water partition coefficient (Wildman–Crippen LogP) is 2.25. The van der Waals surface area contributed by atoms with Gasteiger partial charge in [-0.3, -0.25) is 4.79 Å². The molecule has 22 heavy (non-hydrogen) atoms. The van der Waals surface area contributed by atoms with Gasteiger partial charge in [0.05, 0.1) is 18.7 Å². The Hall–Kier alpha value is -2.34. The van der Waals surface area contributed by atoms with Crippen LogP contribution in [0.15, 0.2) is 42.6 Å². The Kier molecular flexibility index (Phi) is 3.62. The molecule has 1 aliphatic carbocycles. The normalized spacial score (nSPS) is 23.1. The van der Waals surface area contributed by atoms with Crippen LogP contribution in [0.5, 0.6) is 0 Å². The Bertz CT molecular complexity index is 706. The van der Waals surface area contributed by atoms with E-state index in [-0.39, 0.29) is 18.3 Å². The number of anilines is 1. The molecule has 0 saturated heterocycles. The number of hydrogen-bond acceptors (Lipinski definition) is 3. The number of aliphatic hydroxyl groups is 1. The molecule has 1 fully saturated rings. The zero-order chi connectivity index (χ0) is 15.7. The summed E-state index contributed by atoms with van der Waals surface area (Å²) in [5.74, 6) is -1.45. The first-order valence-corrected chi connectivity index (χ1v) is 6.84. The van der Waals surface area contributed by atoms with Gasteiger partial charge in [0, 0.05) is 5.41 Å². The van der Waals surface area contributed by atoms with Crippen molar-refractivity contribution in [3.05, 3.63) is 59.8 Å². The fourth-order valence-corrected chi connectivity index (χ4v) is 2.70. The van der Waals surface area contributed by atoms with Crippen LogP contribution in [0.1, 0.15) is 12.0 Å². The van der Waals surface area contributed by atoms with E-state index >= 15 is 0 Å². The van der Waals surface area contributed by atoms with Crippen molar-refractivity contribution < 1.29 is 18.7 Å². The summed E-state index contributed by atoms with van der Waals surface area (Å²) in [7, 11) is 0. The Morgan fingerprint density at radius 1 is 1.32 bits per heavy atom. The van der Waals surface area contributed by atoms with Crippen molar-refractivity contribution in [1.82, 2.24) is 4.98 Å². The third-order valence-electron chi connectivity index (χ3n) is 4.05. The number of rotatable bonds is 4. The first kappa shape index (κ1) is 14.6. The van der Waals surface area contributed by atoms with Crippen LogP contribution in [0, 0.1) is 17.6 Å². The van der Waals surface area contributed by atoms with Crippen molar-refractivity contribution >= 4 is 11.7 Å². The molecule has 1 aromatic heterocycles. The molecule has 6 heteroatoms. The fraction of sp³-hybridized carbons (Fsp3) is 0.250. The Morgan fingerprint density at radius 2 is 2.14 bits per heavy atom. The van der Waals surface area contributed by atoms with Gasteiger partial charge in [0.1, 0.15) is 17.5 Å². The van der Waals surface area contributed by atoms with E-state index < -0.39 is 23.0 Å². The van der Waals surface area contributed by atoms with E-state index in [1.807, 2.05) is 0 Å². The highest BCUT2D eigenvalue weighted by molar-refractivity contribution is 5.95. The number of aromatic nitrogens is 1. The van der Waals surface area contributed by atoms with E-state index in [2.05, 4.69) is 10.3 Å². The molecule has 2 atom stereocenters. The summed E-state index contributed by atoms with van der Waals surface area (Å²) in [6.07, 6.45) is 1.44. The van der Waals surface area contributed by atoms with E-state index in [1.54, 1.807) is 12.1 Å². The molecule has 1 saturated carbocycles. The number of nitrogens with one attached hydrogen (secondary N) is 1. The Balaban J connectivity index is 1.76. The van der Waals surface area contributed by atoms with E-state index in [4.69, 9.17) is 0 Å². The molecule has 2 N–H and O–H groups in total. The van der Waals surface area contributed by atoms with E-state index in [0.29, 0.717) is 12.0 Å². The number of halogens is 2. The Morgan fingerprint density at radius 3 is 2.77 bits per heavy atom. The van der Waals surface area contributed by atoms with Crippen molar-refractivity contribution in [2.24, 2.45) is 5.92 Å². The fourth-order valence-electron chi connectivity index (χ4n) is 2.70.